The molecule has 126 valence electrons. The Morgan fingerprint density at radius 3 is 2.96 bits per heavy atom. The summed E-state index contributed by atoms with van der Waals surface area (Å²) in [4.78, 5) is 25.4. The molecule has 8 heteroatoms. The smallest absolute Gasteiger partial charge is 0.297 e. The van der Waals surface area contributed by atoms with Gasteiger partial charge in [0.25, 0.3) is 13.4 Å². The van der Waals surface area contributed by atoms with Gasteiger partial charge in [0.2, 0.25) is 5.91 Å². The zero-order valence-electron chi connectivity index (χ0n) is 13.7. The van der Waals surface area contributed by atoms with Gasteiger partial charge in [-0.15, -0.1) is 0 Å². The maximum atomic E-state index is 12.0. The first kappa shape index (κ1) is 17.4. The zero-order chi connectivity index (χ0) is 16.8. The van der Waals surface area contributed by atoms with Gasteiger partial charge in [-0.05, 0) is 19.3 Å². The van der Waals surface area contributed by atoms with Gasteiger partial charge in [0.1, 0.15) is 5.82 Å². The molecule has 7 nitrogen and oxygen atoms in total. The molecule has 2 aliphatic rings. The van der Waals surface area contributed by atoms with Gasteiger partial charge in [-0.25, -0.2) is 0 Å². The largest absolute Gasteiger partial charge is 0.435 e. The second-order valence-corrected chi connectivity index (χ2v) is 5.87. The van der Waals surface area contributed by atoms with Crippen LogP contribution in [0.5, 0.6) is 0 Å². The van der Waals surface area contributed by atoms with Crippen molar-refractivity contribution in [3.63, 3.8) is 0 Å². The summed E-state index contributed by atoms with van der Waals surface area (Å²) < 4.78 is 5.67. The Bertz CT molecular complexity index is 489. The molecule has 2 saturated heterocycles. The van der Waals surface area contributed by atoms with E-state index in [0.29, 0.717) is 38.2 Å². The summed E-state index contributed by atoms with van der Waals surface area (Å²) in [6.45, 7) is 10.8. The van der Waals surface area contributed by atoms with Gasteiger partial charge in [-0.3, -0.25) is 14.5 Å². The van der Waals surface area contributed by atoms with E-state index in [1.807, 2.05) is 0 Å². The molecule has 0 spiro atoms. The number of hydrogen-bond acceptors (Lipinski definition) is 5. The first-order chi connectivity index (χ1) is 11.0. The molecule has 0 saturated carbocycles. The number of nitrogens with zero attached hydrogens (tertiary/aromatic N) is 1. The maximum Gasteiger partial charge on any atom is 0.297 e. The summed E-state index contributed by atoms with van der Waals surface area (Å²) in [7, 11) is 0.557. The third-order valence-electron chi connectivity index (χ3n) is 4.15. The van der Waals surface area contributed by atoms with Crippen LogP contribution in [0.25, 0.3) is 0 Å². The number of hydrogen-bond donors (Lipinski definition) is 3. The monoisotopic (exact) mass is 320 g/mol. The Balaban J connectivity index is 1.71. The van der Waals surface area contributed by atoms with Crippen molar-refractivity contribution in [1.29, 1.82) is 0 Å². The highest BCUT2D eigenvalue weighted by molar-refractivity contribution is 6.30. The first-order valence-electron chi connectivity index (χ1n) is 8.09. The van der Waals surface area contributed by atoms with Crippen LogP contribution in [-0.4, -0.2) is 55.9 Å². The summed E-state index contributed by atoms with van der Waals surface area (Å²) in [6.07, 6.45) is 3.22. The zero-order valence-corrected chi connectivity index (χ0v) is 13.7. The van der Waals surface area contributed by atoms with Gasteiger partial charge in [0.05, 0.1) is 12.2 Å². The first-order valence-corrected chi connectivity index (χ1v) is 8.09. The fourth-order valence-corrected chi connectivity index (χ4v) is 2.71. The maximum absolute atomic E-state index is 12.0. The van der Waals surface area contributed by atoms with Crippen LogP contribution in [0.2, 0.25) is 0 Å². The Morgan fingerprint density at radius 2 is 2.30 bits per heavy atom. The van der Waals surface area contributed by atoms with Gasteiger partial charge in [0, 0.05) is 25.1 Å². The number of carbonyl (C=O) groups is 2. The predicted molar refractivity (Wildman–Crippen MR) is 89.5 cm³/mol. The van der Waals surface area contributed by atoms with E-state index in [-0.39, 0.29) is 24.3 Å². The molecule has 0 radical (unpaired) electrons. The van der Waals surface area contributed by atoms with E-state index in [0.717, 1.165) is 19.3 Å². The lowest BCUT2D eigenvalue weighted by Crippen LogP contribution is -2.50. The van der Waals surface area contributed by atoms with E-state index in [2.05, 4.69) is 36.0 Å². The van der Waals surface area contributed by atoms with Crippen LogP contribution in [0.3, 0.4) is 0 Å². The van der Waals surface area contributed by atoms with E-state index < -0.39 is 0 Å². The summed E-state index contributed by atoms with van der Waals surface area (Å²) in [5, 5.41) is 8.74. The van der Waals surface area contributed by atoms with E-state index in [1.54, 1.807) is 0 Å². The second kappa shape index (κ2) is 8.05. The molecule has 2 atom stereocenters. The summed E-state index contributed by atoms with van der Waals surface area (Å²) in [6, 6.07) is 0. The average molecular weight is 320 g/mol. The van der Waals surface area contributed by atoms with E-state index >= 15 is 0 Å². The van der Waals surface area contributed by atoms with Crippen molar-refractivity contribution in [3.8, 4) is 0 Å². The molecule has 2 amide bonds. The summed E-state index contributed by atoms with van der Waals surface area (Å²) in [5.74, 6) is 0.122. The lowest BCUT2D eigenvalue weighted by Gasteiger charge is -2.31. The number of piperazine rings is 1. The Morgan fingerprint density at radius 1 is 1.52 bits per heavy atom. The minimum absolute atomic E-state index is 0.0564. The minimum Gasteiger partial charge on any atom is -0.435 e. The molecule has 0 aromatic carbocycles. The molecule has 2 heterocycles. The molecule has 2 rings (SSSR count). The van der Waals surface area contributed by atoms with Gasteiger partial charge in [-0.2, -0.15) is 0 Å². The number of carbonyl (C=O) groups excluding carboxylic acids is 2. The van der Waals surface area contributed by atoms with Crippen molar-refractivity contribution >= 4 is 19.3 Å². The third-order valence-corrected chi connectivity index (χ3v) is 4.15. The van der Waals surface area contributed by atoms with Crippen LogP contribution in [0.1, 0.15) is 26.2 Å². The van der Waals surface area contributed by atoms with Crippen molar-refractivity contribution < 1.29 is 14.2 Å². The molecular weight excluding hydrogens is 295 g/mol. The molecular formula is C15H25BN4O3. The van der Waals surface area contributed by atoms with Crippen LogP contribution in [0, 0.1) is 0 Å². The van der Waals surface area contributed by atoms with E-state index in [9.17, 15) is 9.59 Å². The SMILES string of the molecule is C=C1NCCN(C(=C)NCC(=O)NC2BOC(CC)CC2)C1=O. The average Bonchev–Trinajstić information content (AvgIpc) is 2.56. The molecule has 23 heavy (non-hydrogen) atoms. The number of amides is 2. The third kappa shape index (κ3) is 4.76. The summed E-state index contributed by atoms with van der Waals surface area (Å²) >= 11 is 0. The fourth-order valence-electron chi connectivity index (χ4n) is 2.71. The standard InChI is InChI=1S/C15H25BN4O3/c1-4-12-5-6-13(16-23-12)19-14(21)9-18-11(3)20-8-7-17-10(2)15(20)22/h12-13,16-18H,2-9H2,1H3,(H,19,21). The van der Waals surface area contributed by atoms with Crippen LogP contribution in [-0.2, 0) is 14.2 Å². The normalized spacial score (nSPS) is 24.5. The predicted octanol–water partition coefficient (Wildman–Crippen LogP) is -0.624. The van der Waals surface area contributed by atoms with Crippen LogP contribution in [0.15, 0.2) is 24.7 Å². The molecule has 2 fully saturated rings. The van der Waals surface area contributed by atoms with Crippen molar-refractivity contribution in [2.45, 2.75) is 38.2 Å². The Hall–Kier alpha value is -1.96. The highest BCUT2D eigenvalue weighted by Gasteiger charge is 2.25. The van der Waals surface area contributed by atoms with Crippen LogP contribution >= 0.6 is 0 Å². The van der Waals surface area contributed by atoms with Crippen LogP contribution in [0.4, 0.5) is 0 Å². The van der Waals surface area contributed by atoms with Crippen molar-refractivity contribution in [3.05, 3.63) is 24.7 Å². The van der Waals surface area contributed by atoms with E-state index in [4.69, 9.17) is 4.65 Å². The molecule has 0 aromatic rings. The molecule has 2 aliphatic heterocycles. The van der Waals surface area contributed by atoms with Crippen molar-refractivity contribution in [1.82, 2.24) is 20.9 Å². The van der Waals surface area contributed by atoms with Gasteiger partial charge in [-0.1, -0.05) is 20.1 Å². The van der Waals surface area contributed by atoms with Crippen LogP contribution < -0.4 is 16.0 Å². The lowest BCUT2D eigenvalue weighted by molar-refractivity contribution is -0.127. The molecule has 2 unspecified atom stereocenters. The van der Waals surface area contributed by atoms with Crippen molar-refractivity contribution in [2.75, 3.05) is 19.6 Å². The van der Waals surface area contributed by atoms with Crippen molar-refractivity contribution in [2.24, 2.45) is 0 Å². The fraction of sp³-hybridized carbons (Fsp3) is 0.600. The molecule has 0 bridgehead atoms. The minimum atomic E-state index is -0.222. The van der Waals surface area contributed by atoms with E-state index in [1.165, 1.54) is 4.90 Å². The number of rotatable bonds is 6. The second-order valence-electron chi connectivity index (χ2n) is 5.87. The molecule has 3 N–H and O–H groups in total. The topological polar surface area (TPSA) is 82.7 Å². The molecule has 0 aromatic heterocycles. The number of nitrogens with one attached hydrogen (secondary N) is 3. The van der Waals surface area contributed by atoms with Gasteiger partial charge in [0.15, 0.2) is 0 Å². The quantitative estimate of drug-likeness (QED) is 0.449. The Labute approximate surface area is 137 Å². The van der Waals surface area contributed by atoms with Gasteiger partial charge >= 0.3 is 0 Å². The highest BCUT2D eigenvalue weighted by Crippen LogP contribution is 2.14. The molecule has 0 aliphatic carbocycles. The summed E-state index contributed by atoms with van der Waals surface area (Å²) in [5.41, 5.74) is 0.341. The lowest BCUT2D eigenvalue weighted by atomic mass is 9.79. The van der Waals surface area contributed by atoms with Gasteiger partial charge < -0.3 is 20.6 Å². The highest BCUT2D eigenvalue weighted by atomic mass is 16.4. The Kier molecular flexibility index (Phi) is 6.09.